The molecule has 19 heavy (non-hydrogen) atoms. The second-order valence-corrected chi connectivity index (χ2v) is 4.56. The fourth-order valence-corrected chi connectivity index (χ4v) is 2.01. The predicted molar refractivity (Wildman–Crippen MR) is 69.5 cm³/mol. The minimum absolute atomic E-state index is 0.0854. The molecule has 3 nitrogen and oxygen atoms in total. The molecule has 0 aliphatic heterocycles. The Bertz CT molecular complexity index is 399. The van der Waals surface area contributed by atoms with Gasteiger partial charge in [-0.1, -0.05) is 13.8 Å². The molecule has 0 fully saturated rings. The summed E-state index contributed by atoms with van der Waals surface area (Å²) < 4.78 is 37.9. The number of rotatable bonds is 6. The van der Waals surface area contributed by atoms with Crippen LogP contribution in [-0.4, -0.2) is 23.0 Å². The molecule has 0 unspecified atom stereocenters. The molecule has 0 atom stereocenters. The molecule has 6 heteroatoms. The first kappa shape index (κ1) is 15.8. The van der Waals surface area contributed by atoms with E-state index in [9.17, 15) is 13.2 Å². The summed E-state index contributed by atoms with van der Waals surface area (Å²) in [7, 11) is 0. The van der Waals surface area contributed by atoms with Gasteiger partial charge in [-0.2, -0.15) is 13.2 Å². The van der Waals surface area contributed by atoms with Crippen molar-refractivity contribution in [3.63, 3.8) is 0 Å². The van der Waals surface area contributed by atoms with Gasteiger partial charge < -0.3 is 5.73 Å². The zero-order valence-corrected chi connectivity index (χ0v) is 11.3. The summed E-state index contributed by atoms with van der Waals surface area (Å²) in [5.41, 5.74) is 5.09. The summed E-state index contributed by atoms with van der Waals surface area (Å²) in [6.45, 7) is 6.28. The summed E-state index contributed by atoms with van der Waals surface area (Å²) in [5.74, 6) is -0.0854. The average molecular weight is 275 g/mol. The van der Waals surface area contributed by atoms with E-state index in [0.29, 0.717) is 12.1 Å². The highest BCUT2D eigenvalue weighted by molar-refractivity contribution is 5.35. The number of alkyl halides is 3. The van der Waals surface area contributed by atoms with E-state index in [2.05, 4.69) is 9.88 Å². The van der Waals surface area contributed by atoms with Crippen LogP contribution in [0.25, 0.3) is 0 Å². The van der Waals surface area contributed by atoms with Crippen LogP contribution in [0.4, 0.5) is 19.0 Å². The summed E-state index contributed by atoms with van der Waals surface area (Å²) in [4.78, 5) is 5.46. The molecule has 0 saturated heterocycles. The number of nitrogens with two attached hydrogens (primary N) is 1. The average Bonchev–Trinajstić information content (AvgIpc) is 2.27. The zero-order chi connectivity index (χ0) is 14.5. The van der Waals surface area contributed by atoms with Gasteiger partial charge in [-0.3, -0.25) is 4.90 Å². The summed E-state index contributed by atoms with van der Waals surface area (Å²) >= 11 is 0. The Labute approximate surface area is 111 Å². The van der Waals surface area contributed by atoms with Gasteiger partial charge in [0, 0.05) is 6.54 Å². The molecule has 1 rings (SSSR count). The van der Waals surface area contributed by atoms with Gasteiger partial charge in [0.05, 0.1) is 0 Å². The van der Waals surface area contributed by atoms with Gasteiger partial charge >= 0.3 is 6.18 Å². The van der Waals surface area contributed by atoms with Crippen LogP contribution in [-0.2, 0) is 12.7 Å². The molecular weight excluding hydrogens is 255 g/mol. The first-order valence-corrected chi connectivity index (χ1v) is 6.42. The van der Waals surface area contributed by atoms with Gasteiger partial charge in [0.2, 0.25) is 0 Å². The molecule has 1 aromatic heterocycles. The number of nitrogens with zero attached hydrogens (tertiary/aromatic N) is 2. The number of nitrogen functional groups attached to an aromatic ring is 1. The van der Waals surface area contributed by atoms with Crippen LogP contribution < -0.4 is 5.73 Å². The largest absolute Gasteiger partial charge is 0.433 e. The maximum atomic E-state index is 12.6. The van der Waals surface area contributed by atoms with Crippen molar-refractivity contribution >= 4 is 5.82 Å². The van der Waals surface area contributed by atoms with Crippen LogP contribution in [0.15, 0.2) is 12.1 Å². The Morgan fingerprint density at radius 3 is 2.21 bits per heavy atom. The maximum absolute atomic E-state index is 12.6. The molecule has 0 saturated carbocycles. The Hall–Kier alpha value is -1.30. The summed E-state index contributed by atoms with van der Waals surface area (Å²) in [5, 5.41) is 0. The van der Waals surface area contributed by atoms with E-state index >= 15 is 0 Å². The van der Waals surface area contributed by atoms with Crippen LogP contribution in [0.3, 0.4) is 0 Å². The minimum atomic E-state index is -4.45. The first-order valence-electron chi connectivity index (χ1n) is 6.42. The highest BCUT2D eigenvalue weighted by Crippen LogP contribution is 2.29. The summed E-state index contributed by atoms with van der Waals surface area (Å²) in [6, 6.07) is 2.59. The third kappa shape index (κ3) is 5.06. The van der Waals surface area contributed by atoms with Crippen LogP contribution in [0, 0.1) is 0 Å². The highest BCUT2D eigenvalue weighted by Gasteiger charge is 2.33. The van der Waals surface area contributed by atoms with Gasteiger partial charge in [-0.25, -0.2) is 4.98 Å². The van der Waals surface area contributed by atoms with E-state index in [1.807, 2.05) is 13.8 Å². The fourth-order valence-electron chi connectivity index (χ4n) is 2.01. The number of anilines is 1. The van der Waals surface area contributed by atoms with Crippen molar-refractivity contribution in [1.29, 1.82) is 0 Å². The predicted octanol–water partition coefficient (Wildman–Crippen LogP) is 3.30. The third-order valence-electron chi connectivity index (χ3n) is 2.68. The van der Waals surface area contributed by atoms with Crippen LogP contribution in [0.2, 0.25) is 0 Å². The van der Waals surface area contributed by atoms with Crippen molar-refractivity contribution < 1.29 is 13.2 Å². The van der Waals surface area contributed by atoms with Gasteiger partial charge in [0.25, 0.3) is 0 Å². The van der Waals surface area contributed by atoms with Gasteiger partial charge in [-0.05, 0) is 43.6 Å². The van der Waals surface area contributed by atoms with Crippen molar-refractivity contribution in [2.24, 2.45) is 0 Å². The van der Waals surface area contributed by atoms with Gasteiger partial charge in [0.1, 0.15) is 11.5 Å². The smallest absolute Gasteiger partial charge is 0.384 e. The van der Waals surface area contributed by atoms with Crippen molar-refractivity contribution in [1.82, 2.24) is 9.88 Å². The van der Waals surface area contributed by atoms with Crippen molar-refractivity contribution in [3.05, 3.63) is 23.4 Å². The molecule has 1 aromatic rings. The van der Waals surface area contributed by atoms with Crippen molar-refractivity contribution in [3.8, 4) is 0 Å². The van der Waals surface area contributed by atoms with E-state index in [0.717, 1.165) is 32.0 Å². The number of pyridine rings is 1. The second kappa shape index (κ2) is 6.75. The SMILES string of the molecule is CCCN(CCC)Cc1cc(N)nc(C(F)(F)F)c1. The van der Waals surface area contributed by atoms with Crippen LogP contribution in [0.5, 0.6) is 0 Å². The molecule has 0 aliphatic carbocycles. The lowest BCUT2D eigenvalue weighted by atomic mass is 10.2. The first-order chi connectivity index (χ1) is 8.86. The Balaban J connectivity index is 2.90. The quantitative estimate of drug-likeness (QED) is 0.866. The zero-order valence-electron chi connectivity index (χ0n) is 11.3. The van der Waals surface area contributed by atoms with E-state index in [1.165, 1.54) is 6.07 Å². The maximum Gasteiger partial charge on any atom is 0.433 e. The lowest BCUT2D eigenvalue weighted by Gasteiger charge is -2.21. The number of hydrogen-bond donors (Lipinski definition) is 1. The molecule has 0 aliphatic rings. The summed E-state index contributed by atoms with van der Waals surface area (Å²) in [6.07, 6.45) is -2.52. The molecule has 0 spiro atoms. The van der Waals surface area contributed by atoms with Gasteiger partial charge in [0.15, 0.2) is 0 Å². The standard InChI is InChI=1S/C13H20F3N3/c1-3-5-19(6-4-2)9-10-7-11(13(14,15)16)18-12(17)8-10/h7-8H,3-6,9H2,1-2H3,(H2,17,18). The topological polar surface area (TPSA) is 42.1 Å². The Morgan fingerprint density at radius 1 is 1.16 bits per heavy atom. The third-order valence-corrected chi connectivity index (χ3v) is 2.68. The van der Waals surface area contributed by atoms with Crippen LogP contribution in [0.1, 0.15) is 37.9 Å². The number of hydrogen-bond acceptors (Lipinski definition) is 3. The monoisotopic (exact) mass is 275 g/mol. The number of aromatic nitrogens is 1. The molecule has 2 N–H and O–H groups in total. The number of halogens is 3. The lowest BCUT2D eigenvalue weighted by Crippen LogP contribution is -2.25. The molecule has 0 aromatic carbocycles. The van der Waals surface area contributed by atoms with E-state index in [1.54, 1.807) is 0 Å². The molecule has 0 amide bonds. The molecule has 108 valence electrons. The van der Waals surface area contributed by atoms with E-state index in [-0.39, 0.29) is 5.82 Å². The van der Waals surface area contributed by atoms with Gasteiger partial charge in [-0.15, -0.1) is 0 Å². The molecule has 0 bridgehead atoms. The fraction of sp³-hybridized carbons (Fsp3) is 0.615. The molecule has 1 heterocycles. The normalized spacial score (nSPS) is 12.1. The highest BCUT2D eigenvalue weighted by atomic mass is 19.4. The van der Waals surface area contributed by atoms with E-state index in [4.69, 9.17) is 5.73 Å². The lowest BCUT2D eigenvalue weighted by molar-refractivity contribution is -0.141. The minimum Gasteiger partial charge on any atom is -0.384 e. The Kier molecular flexibility index (Phi) is 5.60. The molecular formula is C13H20F3N3. The van der Waals surface area contributed by atoms with Crippen molar-refractivity contribution in [2.75, 3.05) is 18.8 Å². The Morgan fingerprint density at radius 2 is 1.74 bits per heavy atom. The second-order valence-electron chi connectivity index (χ2n) is 4.56. The van der Waals surface area contributed by atoms with E-state index < -0.39 is 11.9 Å². The van der Waals surface area contributed by atoms with Crippen LogP contribution >= 0.6 is 0 Å². The van der Waals surface area contributed by atoms with Crippen molar-refractivity contribution in [2.45, 2.75) is 39.4 Å². The molecule has 0 radical (unpaired) electrons.